The Kier molecular flexibility index (Phi) is 4.82. The Labute approximate surface area is 111 Å². The summed E-state index contributed by atoms with van der Waals surface area (Å²) in [5.41, 5.74) is 2.63. The molecule has 0 atom stereocenters. The first-order valence-electron chi connectivity index (χ1n) is 5.87. The highest BCUT2D eigenvalue weighted by molar-refractivity contribution is 5.99. The molecule has 7 nitrogen and oxygen atoms in total. The van der Waals surface area contributed by atoms with Gasteiger partial charge in [-0.05, 0) is 18.1 Å². The normalized spacial score (nSPS) is 10.4. The maximum atomic E-state index is 12.2. The third-order valence-electron chi connectivity index (χ3n) is 2.58. The lowest BCUT2D eigenvalue weighted by atomic mass is 10.1. The van der Waals surface area contributed by atoms with E-state index in [1.807, 2.05) is 13.8 Å². The number of rotatable bonds is 5. The summed E-state index contributed by atoms with van der Waals surface area (Å²) in [6.45, 7) is 4.46. The molecule has 0 unspecified atom stereocenters. The third-order valence-corrected chi connectivity index (χ3v) is 2.58. The average Bonchev–Trinajstić information content (AvgIpc) is 2.36. The number of hydrazine groups is 1. The predicted molar refractivity (Wildman–Crippen MR) is 72.7 cm³/mol. The molecule has 0 aliphatic rings. The van der Waals surface area contributed by atoms with Gasteiger partial charge in [-0.1, -0.05) is 13.8 Å². The number of hydrogen-bond acceptors (Lipinski definition) is 5. The van der Waals surface area contributed by atoms with Crippen molar-refractivity contribution < 1.29 is 9.72 Å². The lowest BCUT2D eigenvalue weighted by Crippen LogP contribution is -2.30. The standard InChI is InChI=1S/C12H18N4O3/c1-8(2)7-15(3)12(17)10-6-9(14-13)4-5-11(10)16(18)19/h4-6,8,14H,7,13H2,1-3H3. The van der Waals surface area contributed by atoms with Crippen molar-refractivity contribution in [3.63, 3.8) is 0 Å². The van der Waals surface area contributed by atoms with E-state index in [4.69, 9.17) is 5.84 Å². The number of carbonyl (C=O) groups is 1. The van der Waals surface area contributed by atoms with E-state index in [0.717, 1.165) is 0 Å². The number of nitro groups is 1. The van der Waals surface area contributed by atoms with Crippen LogP contribution < -0.4 is 11.3 Å². The first kappa shape index (κ1) is 14.9. The van der Waals surface area contributed by atoms with E-state index < -0.39 is 10.8 Å². The van der Waals surface area contributed by atoms with Crippen LogP contribution in [0.3, 0.4) is 0 Å². The molecule has 0 aliphatic heterocycles. The lowest BCUT2D eigenvalue weighted by molar-refractivity contribution is -0.385. The zero-order chi connectivity index (χ0) is 14.6. The second-order valence-corrected chi connectivity index (χ2v) is 4.71. The molecule has 0 radical (unpaired) electrons. The van der Waals surface area contributed by atoms with Gasteiger partial charge in [-0.3, -0.25) is 20.8 Å². The number of anilines is 1. The average molecular weight is 266 g/mol. The minimum atomic E-state index is -0.573. The maximum absolute atomic E-state index is 12.2. The van der Waals surface area contributed by atoms with Gasteiger partial charge in [0.15, 0.2) is 0 Å². The summed E-state index contributed by atoms with van der Waals surface area (Å²) >= 11 is 0. The Morgan fingerprint density at radius 3 is 2.63 bits per heavy atom. The number of benzene rings is 1. The zero-order valence-corrected chi connectivity index (χ0v) is 11.2. The van der Waals surface area contributed by atoms with E-state index in [9.17, 15) is 14.9 Å². The molecule has 1 aromatic carbocycles. The van der Waals surface area contributed by atoms with E-state index in [0.29, 0.717) is 12.2 Å². The highest BCUT2D eigenvalue weighted by Gasteiger charge is 2.23. The molecule has 104 valence electrons. The molecule has 19 heavy (non-hydrogen) atoms. The van der Waals surface area contributed by atoms with Crippen LogP contribution in [0.1, 0.15) is 24.2 Å². The molecule has 0 bridgehead atoms. The molecule has 7 heteroatoms. The molecule has 1 aromatic rings. The SMILES string of the molecule is CC(C)CN(C)C(=O)c1cc(NN)ccc1[N+](=O)[O-]. The van der Waals surface area contributed by atoms with E-state index in [1.165, 1.54) is 23.1 Å². The van der Waals surface area contributed by atoms with Crippen LogP contribution in [0.25, 0.3) is 0 Å². The molecule has 0 aliphatic carbocycles. The Morgan fingerprint density at radius 1 is 1.53 bits per heavy atom. The van der Waals surface area contributed by atoms with Gasteiger partial charge < -0.3 is 10.3 Å². The van der Waals surface area contributed by atoms with Crippen molar-refractivity contribution in [3.05, 3.63) is 33.9 Å². The third kappa shape index (κ3) is 3.65. The fourth-order valence-electron chi connectivity index (χ4n) is 1.79. The minimum absolute atomic E-state index is 0.0311. The zero-order valence-electron chi connectivity index (χ0n) is 11.2. The molecule has 3 N–H and O–H groups in total. The number of nitrogens with two attached hydrogens (primary N) is 1. The van der Waals surface area contributed by atoms with E-state index in [1.54, 1.807) is 7.05 Å². The topological polar surface area (TPSA) is 102 Å². The summed E-state index contributed by atoms with van der Waals surface area (Å²) in [6, 6.07) is 4.11. The van der Waals surface area contributed by atoms with Crippen molar-refractivity contribution in [2.45, 2.75) is 13.8 Å². The first-order valence-corrected chi connectivity index (χ1v) is 5.87. The number of amides is 1. The number of nitro benzene ring substituents is 1. The quantitative estimate of drug-likeness (QED) is 0.479. The smallest absolute Gasteiger partial charge is 0.282 e. The second-order valence-electron chi connectivity index (χ2n) is 4.71. The molecule has 0 fully saturated rings. The Hall–Kier alpha value is -2.15. The Balaban J connectivity index is 3.15. The summed E-state index contributed by atoms with van der Waals surface area (Å²) in [6.07, 6.45) is 0. The van der Waals surface area contributed by atoms with Gasteiger partial charge in [0, 0.05) is 25.3 Å². The van der Waals surface area contributed by atoms with Crippen LogP contribution in [0.2, 0.25) is 0 Å². The van der Waals surface area contributed by atoms with E-state index >= 15 is 0 Å². The summed E-state index contributed by atoms with van der Waals surface area (Å²) in [7, 11) is 1.62. The minimum Gasteiger partial charge on any atom is -0.341 e. The van der Waals surface area contributed by atoms with Gasteiger partial charge >= 0.3 is 0 Å². The van der Waals surface area contributed by atoms with Gasteiger partial charge in [-0.25, -0.2) is 0 Å². The van der Waals surface area contributed by atoms with Gasteiger partial charge in [0.1, 0.15) is 5.56 Å². The van der Waals surface area contributed by atoms with Crippen molar-refractivity contribution in [1.82, 2.24) is 4.90 Å². The van der Waals surface area contributed by atoms with Crippen LogP contribution >= 0.6 is 0 Å². The fourth-order valence-corrected chi connectivity index (χ4v) is 1.79. The molecule has 1 rings (SSSR count). The number of hydrogen-bond donors (Lipinski definition) is 2. The van der Waals surface area contributed by atoms with Crippen LogP contribution in [-0.2, 0) is 0 Å². The van der Waals surface area contributed by atoms with Crippen LogP contribution in [-0.4, -0.2) is 29.3 Å². The summed E-state index contributed by atoms with van der Waals surface area (Å²) in [4.78, 5) is 24.1. The van der Waals surface area contributed by atoms with Crippen molar-refractivity contribution in [2.24, 2.45) is 11.8 Å². The fraction of sp³-hybridized carbons (Fsp3) is 0.417. The number of nitrogens with zero attached hydrogens (tertiary/aromatic N) is 2. The highest BCUT2D eigenvalue weighted by Crippen LogP contribution is 2.23. The molecule has 0 heterocycles. The van der Waals surface area contributed by atoms with Crippen molar-refractivity contribution in [3.8, 4) is 0 Å². The van der Waals surface area contributed by atoms with E-state index in [2.05, 4.69) is 5.43 Å². The second kappa shape index (κ2) is 6.14. The maximum Gasteiger partial charge on any atom is 0.282 e. The number of nitrogen functional groups attached to an aromatic ring is 1. The van der Waals surface area contributed by atoms with Crippen LogP contribution in [0, 0.1) is 16.0 Å². The molecular weight excluding hydrogens is 248 g/mol. The molecule has 0 saturated carbocycles. The molecule has 0 spiro atoms. The van der Waals surface area contributed by atoms with Gasteiger partial charge in [0.2, 0.25) is 0 Å². The molecule has 1 amide bonds. The van der Waals surface area contributed by atoms with Crippen LogP contribution in [0.4, 0.5) is 11.4 Å². The van der Waals surface area contributed by atoms with Crippen molar-refractivity contribution in [2.75, 3.05) is 19.0 Å². The Morgan fingerprint density at radius 2 is 2.16 bits per heavy atom. The number of nitrogens with one attached hydrogen (secondary N) is 1. The van der Waals surface area contributed by atoms with Gasteiger partial charge in [0.25, 0.3) is 11.6 Å². The van der Waals surface area contributed by atoms with Gasteiger partial charge in [0.05, 0.1) is 4.92 Å². The van der Waals surface area contributed by atoms with Crippen molar-refractivity contribution >= 4 is 17.3 Å². The van der Waals surface area contributed by atoms with Gasteiger partial charge in [-0.2, -0.15) is 0 Å². The molecule has 0 aromatic heterocycles. The Bertz CT molecular complexity index is 488. The van der Waals surface area contributed by atoms with Gasteiger partial charge in [-0.15, -0.1) is 0 Å². The summed E-state index contributed by atoms with van der Waals surface area (Å²) < 4.78 is 0. The van der Waals surface area contributed by atoms with E-state index in [-0.39, 0.29) is 17.2 Å². The largest absolute Gasteiger partial charge is 0.341 e. The monoisotopic (exact) mass is 266 g/mol. The molecule has 0 saturated heterocycles. The van der Waals surface area contributed by atoms with Crippen molar-refractivity contribution in [1.29, 1.82) is 0 Å². The molecular formula is C12H18N4O3. The lowest BCUT2D eigenvalue weighted by Gasteiger charge is -2.19. The summed E-state index contributed by atoms with van der Waals surface area (Å²) in [5, 5.41) is 11.0. The summed E-state index contributed by atoms with van der Waals surface area (Å²) in [5.74, 6) is 5.15. The number of carbonyl (C=O) groups excluding carboxylic acids is 1. The van der Waals surface area contributed by atoms with Crippen LogP contribution in [0.5, 0.6) is 0 Å². The van der Waals surface area contributed by atoms with Crippen LogP contribution in [0.15, 0.2) is 18.2 Å². The highest BCUT2D eigenvalue weighted by atomic mass is 16.6. The first-order chi connectivity index (χ1) is 8.86. The predicted octanol–water partition coefficient (Wildman–Crippen LogP) is 1.61.